The van der Waals surface area contributed by atoms with Gasteiger partial charge in [-0.2, -0.15) is 0 Å². The van der Waals surface area contributed by atoms with Crippen molar-refractivity contribution in [1.29, 1.82) is 0 Å². The first-order valence-electron chi connectivity index (χ1n) is 17.6. The Labute approximate surface area is 314 Å². The molecule has 0 spiro atoms. The molecule has 1 saturated heterocycles. The van der Waals surface area contributed by atoms with E-state index >= 15 is 0 Å². The zero-order chi connectivity index (χ0) is 36.1. The van der Waals surface area contributed by atoms with Crippen LogP contribution in [0.3, 0.4) is 0 Å². The van der Waals surface area contributed by atoms with E-state index in [1.54, 1.807) is 0 Å². The van der Waals surface area contributed by atoms with Gasteiger partial charge in [0.2, 0.25) is 0 Å². The highest BCUT2D eigenvalue weighted by molar-refractivity contribution is 9.10. The number of hydrogen-bond donors (Lipinski definition) is 0. The zero-order valence-electron chi connectivity index (χ0n) is 29.5. The molecule has 0 aromatic heterocycles. The van der Waals surface area contributed by atoms with Crippen molar-refractivity contribution in [3.8, 4) is 0 Å². The van der Waals surface area contributed by atoms with E-state index in [9.17, 15) is 4.79 Å². The number of hydrogen-bond acceptors (Lipinski definition) is 7. The first-order valence-corrected chi connectivity index (χ1v) is 18.4. The summed E-state index contributed by atoms with van der Waals surface area (Å²) in [4.78, 5) is 14.0. The quantitative estimate of drug-likeness (QED) is 0.0931. The lowest BCUT2D eigenvalue weighted by molar-refractivity contribution is -0.276. The van der Waals surface area contributed by atoms with Gasteiger partial charge in [-0.15, -0.1) is 0 Å². The summed E-state index contributed by atoms with van der Waals surface area (Å²) in [5.74, 6) is -1.27. The van der Waals surface area contributed by atoms with E-state index in [1.165, 1.54) is 7.11 Å². The first-order chi connectivity index (χ1) is 25.5. The minimum atomic E-state index is -0.839. The second kappa shape index (κ2) is 19.1. The molecule has 0 bridgehead atoms. The second-order valence-corrected chi connectivity index (χ2v) is 13.8. The number of methoxy groups -OCH3 is 1. The van der Waals surface area contributed by atoms with E-state index in [2.05, 4.69) is 15.9 Å². The number of carbonyl (C=O) groups excluding carboxylic acids is 1. The standard InChI is InChI=1S/C44H45BrO7/c1-31-25-36(45)23-24-37(31)39(44(46)47-2)41-43(51-29-35-21-13-6-14-22-35)42(50-28-34-19-11-5-12-20-34)40(49-27-33-17-9-4-10-18-33)38(52-41)30-48-26-32-15-7-3-8-16-32/h3-25,38-43H,26-30H2,1-2H3/t38-,39-,40-,41-,42-,43+/m1/s1. The van der Waals surface area contributed by atoms with Gasteiger partial charge in [-0.05, 0) is 52.4 Å². The molecule has 0 amide bonds. The van der Waals surface area contributed by atoms with Gasteiger partial charge in [-0.25, -0.2) is 0 Å². The molecule has 6 atom stereocenters. The predicted octanol–water partition coefficient (Wildman–Crippen LogP) is 8.75. The smallest absolute Gasteiger partial charge is 0.315 e. The number of ether oxygens (including phenoxy) is 6. The minimum Gasteiger partial charge on any atom is -0.468 e. The zero-order valence-corrected chi connectivity index (χ0v) is 31.1. The third-order valence-corrected chi connectivity index (χ3v) is 9.76. The van der Waals surface area contributed by atoms with Gasteiger partial charge in [-0.3, -0.25) is 4.79 Å². The van der Waals surface area contributed by atoms with Gasteiger partial charge >= 0.3 is 5.97 Å². The lowest BCUT2D eigenvalue weighted by Crippen LogP contribution is -2.63. The number of halogens is 1. The van der Waals surface area contributed by atoms with Crippen molar-refractivity contribution in [3.63, 3.8) is 0 Å². The normalized spacial score (nSPS) is 20.6. The van der Waals surface area contributed by atoms with E-state index < -0.39 is 42.4 Å². The van der Waals surface area contributed by atoms with Gasteiger partial charge < -0.3 is 28.4 Å². The maximum atomic E-state index is 14.0. The van der Waals surface area contributed by atoms with Crippen LogP contribution in [0.25, 0.3) is 0 Å². The fourth-order valence-electron chi connectivity index (χ4n) is 6.65. The van der Waals surface area contributed by atoms with Gasteiger partial charge in [-0.1, -0.05) is 143 Å². The molecule has 8 heteroatoms. The molecule has 0 saturated carbocycles. The van der Waals surface area contributed by atoms with E-state index in [0.29, 0.717) is 19.8 Å². The van der Waals surface area contributed by atoms with E-state index in [1.807, 2.05) is 146 Å². The summed E-state index contributed by atoms with van der Waals surface area (Å²) in [6.07, 6.45) is -3.49. The van der Waals surface area contributed by atoms with Gasteiger partial charge in [0.1, 0.15) is 36.4 Å². The molecular weight excluding hydrogens is 720 g/mol. The van der Waals surface area contributed by atoms with E-state index in [0.717, 1.165) is 37.9 Å². The molecule has 1 fully saturated rings. The first kappa shape index (κ1) is 37.6. The monoisotopic (exact) mass is 764 g/mol. The maximum absolute atomic E-state index is 14.0. The molecule has 52 heavy (non-hydrogen) atoms. The number of benzene rings is 5. The number of rotatable bonds is 16. The van der Waals surface area contributed by atoms with Gasteiger partial charge in [0.25, 0.3) is 0 Å². The largest absolute Gasteiger partial charge is 0.468 e. The highest BCUT2D eigenvalue weighted by Crippen LogP contribution is 2.39. The number of aryl methyl sites for hydroxylation is 1. The van der Waals surface area contributed by atoms with Crippen LogP contribution in [0, 0.1) is 6.92 Å². The minimum absolute atomic E-state index is 0.189. The van der Waals surface area contributed by atoms with Crippen molar-refractivity contribution < 1.29 is 33.2 Å². The molecule has 0 unspecified atom stereocenters. The Kier molecular flexibility index (Phi) is 13.8. The van der Waals surface area contributed by atoms with Crippen LogP contribution in [-0.4, -0.2) is 50.2 Å². The van der Waals surface area contributed by atoms with Crippen LogP contribution >= 0.6 is 15.9 Å². The second-order valence-electron chi connectivity index (χ2n) is 12.9. The Balaban J connectivity index is 1.42. The Morgan fingerprint density at radius 1 is 0.635 bits per heavy atom. The summed E-state index contributed by atoms with van der Waals surface area (Å²) in [7, 11) is 1.40. The van der Waals surface area contributed by atoms with E-state index in [4.69, 9.17) is 28.4 Å². The molecule has 7 nitrogen and oxygen atoms in total. The molecule has 0 radical (unpaired) electrons. The topological polar surface area (TPSA) is 72.5 Å². The molecule has 0 N–H and O–H groups in total. The Bertz CT molecular complexity index is 1810. The van der Waals surface area contributed by atoms with Crippen molar-refractivity contribution in [2.45, 2.75) is 69.8 Å². The van der Waals surface area contributed by atoms with Crippen LogP contribution in [0.1, 0.15) is 39.3 Å². The third kappa shape index (κ3) is 10.0. The molecule has 5 aromatic rings. The fourth-order valence-corrected chi connectivity index (χ4v) is 7.12. The van der Waals surface area contributed by atoms with Crippen LogP contribution in [0.5, 0.6) is 0 Å². The predicted molar refractivity (Wildman–Crippen MR) is 203 cm³/mol. The molecule has 1 aliphatic rings. The van der Waals surface area contributed by atoms with Crippen LogP contribution in [0.4, 0.5) is 0 Å². The third-order valence-electron chi connectivity index (χ3n) is 9.27. The Hall–Kier alpha value is -4.15. The maximum Gasteiger partial charge on any atom is 0.315 e. The highest BCUT2D eigenvalue weighted by atomic mass is 79.9. The average Bonchev–Trinajstić information content (AvgIpc) is 3.18. The molecule has 1 aliphatic heterocycles. The molecule has 1 heterocycles. The summed E-state index contributed by atoms with van der Waals surface area (Å²) in [5.41, 5.74) is 5.72. The van der Waals surface area contributed by atoms with Crippen LogP contribution in [-0.2, 0) is 59.6 Å². The molecule has 6 rings (SSSR count). The average molecular weight is 766 g/mol. The summed E-state index contributed by atoms with van der Waals surface area (Å²) < 4.78 is 40.4. The van der Waals surface area contributed by atoms with Crippen molar-refractivity contribution in [1.82, 2.24) is 0 Å². The summed E-state index contributed by atoms with van der Waals surface area (Å²) in [5, 5.41) is 0. The van der Waals surface area contributed by atoms with Gasteiger partial charge in [0, 0.05) is 4.47 Å². The summed E-state index contributed by atoms with van der Waals surface area (Å²) in [6.45, 7) is 3.43. The van der Waals surface area contributed by atoms with Crippen molar-refractivity contribution in [2.24, 2.45) is 0 Å². The van der Waals surface area contributed by atoms with Crippen LogP contribution in [0.15, 0.2) is 144 Å². The Morgan fingerprint density at radius 2 is 1.10 bits per heavy atom. The van der Waals surface area contributed by atoms with Crippen molar-refractivity contribution in [3.05, 3.63) is 177 Å². The fraction of sp³-hybridized carbons (Fsp3) is 0.295. The van der Waals surface area contributed by atoms with Gasteiger partial charge in [0.15, 0.2) is 0 Å². The van der Waals surface area contributed by atoms with Crippen LogP contribution in [0.2, 0.25) is 0 Å². The lowest BCUT2D eigenvalue weighted by Gasteiger charge is -2.48. The van der Waals surface area contributed by atoms with Crippen LogP contribution < -0.4 is 0 Å². The van der Waals surface area contributed by atoms with Crippen molar-refractivity contribution >= 4 is 21.9 Å². The summed E-state index contributed by atoms with van der Waals surface area (Å²) >= 11 is 3.59. The highest BCUT2D eigenvalue weighted by Gasteiger charge is 2.53. The Morgan fingerprint density at radius 3 is 1.58 bits per heavy atom. The van der Waals surface area contributed by atoms with E-state index in [-0.39, 0.29) is 13.2 Å². The lowest BCUT2D eigenvalue weighted by atomic mass is 9.82. The molecule has 5 aromatic carbocycles. The molecule has 0 aliphatic carbocycles. The SMILES string of the molecule is COC(=O)[C@H](c1ccc(Br)cc1C)[C@H]1O[C@H](COCc2ccccc2)[C@@H](OCc2ccccc2)[C@@H](OCc2ccccc2)[C@H]1OCc1ccccc1. The van der Waals surface area contributed by atoms with Crippen molar-refractivity contribution in [2.75, 3.05) is 13.7 Å². The molecule has 270 valence electrons. The number of carbonyl (C=O) groups is 1. The number of esters is 1. The summed E-state index contributed by atoms with van der Waals surface area (Å²) in [6, 6.07) is 45.8. The van der Waals surface area contributed by atoms with Gasteiger partial charge in [0.05, 0.1) is 40.1 Å². The molecular formula is C44H45BrO7.